The molecule has 1 aromatic rings. The molecule has 0 aliphatic rings. The molecular weight excluding hydrogens is 504 g/mol. The number of nitrogens with zero attached hydrogens (tertiary/aromatic N) is 2. The fourth-order valence-electron chi connectivity index (χ4n) is 4.30. The van der Waals surface area contributed by atoms with Gasteiger partial charge in [-0.3, -0.25) is 20.2 Å². The van der Waals surface area contributed by atoms with E-state index >= 15 is 0 Å². The second kappa shape index (κ2) is 17.3. The minimum atomic E-state index is -3.78. The molecule has 38 heavy (non-hydrogen) atoms. The number of hydroxylamine groups is 1. The van der Waals surface area contributed by atoms with Crippen LogP contribution < -0.4 is 10.9 Å². The van der Waals surface area contributed by atoms with Crippen LogP contribution in [0.4, 0.5) is 0 Å². The molecule has 2 amide bonds. The van der Waals surface area contributed by atoms with E-state index in [1.165, 1.54) is 0 Å². The lowest BCUT2D eigenvalue weighted by molar-refractivity contribution is -0.141. The number of hydrogen-bond acceptors (Lipinski definition) is 6. The Balaban J connectivity index is 3.16. The topological polar surface area (TPSA) is 119 Å². The number of sulfonamides is 1. The van der Waals surface area contributed by atoms with Gasteiger partial charge in [0.15, 0.2) is 0 Å². The maximum Gasteiger partial charge on any atom is 0.247 e. The molecule has 0 fully saturated rings. The van der Waals surface area contributed by atoms with Crippen molar-refractivity contribution in [3.63, 3.8) is 0 Å². The molecule has 1 rings (SSSR count). The first-order valence-corrected chi connectivity index (χ1v) is 15.2. The molecular formula is C28H48N4O5S. The van der Waals surface area contributed by atoms with Crippen molar-refractivity contribution in [3.05, 3.63) is 42.0 Å². The second-order valence-corrected chi connectivity index (χ2v) is 12.5. The molecule has 10 heteroatoms. The van der Waals surface area contributed by atoms with E-state index in [2.05, 4.69) is 10.3 Å². The number of carbonyl (C=O) groups excluding carboxylic acids is 2. The van der Waals surface area contributed by atoms with Crippen molar-refractivity contribution in [1.82, 2.24) is 20.2 Å². The van der Waals surface area contributed by atoms with E-state index in [9.17, 15) is 23.2 Å². The van der Waals surface area contributed by atoms with Gasteiger partial charge in [0.25, 0.3) is 0 Å². The van der Waals surface area contributed by atoms with Crippen LogP contribution in [0.1, 0.15) is 66.4 Å². The molecule has 0 heterocycles. The lowest BCUT2D eigenvalue weighted by Crippen LogP contribution is -2.52. The highest BCUT2D eigenvalue weighted by molar-refractivity contribution is 7.89. The van der Waals surface area contributed by atoms with E-state index in [0.29, 0.717) is 19.4 Å². The minimum absolute atomic E-state index is 0.0262. The van der Waals surface area contributed by atoms with Gasteiger partial charge in [0.2, 0.25) is 21.8 Å². The van der Waals surface area contributed by atoms with Crippen LogP contribution in [0.2, 0.25) is 0 Å². The Morgan fingerprint density at radius 2 is 1.61 bits per heavy atom. The maximum absolute atomic E-state index is 13.6. The summed E-state index contributed by atoms with van der Waals surface area (Å²) in [5.74, 6) is -3.01. The van der Waals surface area contributed by atoms with Gasteiger partial charge in [0.05, 0.1) is 17.6 Å². The number of amides is 2. The molecule has 0 bridgehead atoms. The van der Waals surface area contributed by atoms with Crippen LogP contribution in [-0.2, 0) is 19.6 Å². The third-order valence-electron chi connectivity index (χ3n) is 6.37. The monoisotopic (exact) mass is 552 g/mol. The third-order valence-corrected chi connectivity index (χ3v) is 8.08. The van der Waals surface area contributed by atoms with E-state index in [1.54, 1.807) is 11.6 Å². The first kappa shape index (κ1) is 33.8. The molecule has 3 N–H and O–H groups in total. The van der Waals surface area contributed by atoms with Gasteiger partial charge in [-0.1, -0.05) is 84.0 Å². The molecule has 1 aromatic carbocycles. The van der Waals surface area contributed by atoms with E-state index < -0.39 is 33.7 Å². The van der Waals surface area contributed by atoms with Gasteiger partial charge in [-0.2, -0.15) is 0 Å². The molecule has 0 saturated heterocycles. The van der Waals surface area contributed by atoms with Gasteiger partial charge >= 0.3 is 0 Å². The summed E-state index contributed by atoms with van der Waals surface area (Å²) in [6.07, 6.45) is 4.65. The van der Waals surface area contributed by atoms with Gasteiger partial charge in [0, 0.05) is 6.54 Å². The fourth-order valence-corrected chi connectivity index (χ4v) is 5.77. The van der Waals surface area contributed by atoms with E-state index in [1.807, 2.05) is 78.0 Å². The zero-order valence-corrected chi connectivity index (χ0v) is 24.7. The molecule has 0 radical (unpaired) electrons. The van der Waals surface area contributed by atoms with Crippen LogP contribution in [0.15, 0.2) is 36.4 Å². The number of carbonyl (C=O) groups is 2. The SMILES string of the molecule is CCN(CC)CCCS(=O)(=O)N(CC(C)C)NC(=O)[C@H](CC(C)C)[C@H](C/C=C/c1ccccc1)C(=O)NO. The van der Waals surface area contributed by atoms with Crippen LogP contribution in [0.3, 0.4) is 0 Å². The largest absolute Gasteiger partial charge is 0.304 e. The van der Waals surface area contributed by atoms with Crippen LogP contribution in [-0.4, -0.2) is 66.7 Å². The maximum atomic E-state index is 13.6. The van der Waals surface area contributed by atoms with Gasteiger partial charge in [0.1, 0.15) is 0 Å². The summed E-state index contributed by atoms with van der Waals surface area (Å²) in [5, 5.41) is 9.43. The Morgan fingerprint density at radius 1 is 0.974 bits per heavy atom. The summed E-state index contributed by atoms with van der Waals surface area (Å²) in [7, 11) is -3.78. The molecule has 216 valence electrons. The van der Waals surface area contributed by atoms with Crippen LogP contribution in [0.25, 0.3) is 6.08 Å². The van der Waals surface area contributed by atoms with Crippen molar-refractivity contribution in [3.8, 4) is 0 Å². The average Bonchev–Trinajstić information content (AvgIpc) is 2.87. The molecule has 0 saturated carbocycles. The second-order valence-electron chi connectivity index (χ2n) is 10.5. The summed E-state index contributed by atoms with van der Waals surface area (Å²) < 4.78 is 27.6. The lowest BCUT2D eigenvalue weighted by Gasteiger charge is -2.30. The Morgan fingerprint density at radius 3 is 2.13 bits per heavy atom. The first-order chi connectivity index (χ1) is 17.9. The smallest absolute Gasteiger partial charge is 0.247 e. The number of rotatable bonds is 18. The highest BCUT2D eigenvalue weighted by Crippen LogP contribution is 2.26. The first-order valence-electron chi connectivity index (χ1n) is 13.6. The fraction of sp³-hybridized carbons (Fsp3) is 0.643. The van der Waals surface area contributed by atoms with E-state index in [-0.39, 0.29) is 30.6 Å². The third kappa shape index (κ3) is 12.1. The Kier molecular flexibility index (Phi) is 15.4. The van der Waals surface area contributed by atoms with Gasteiger partial charge in [-0.25, -0.2) is 13.9 Å². The Hall–Kier alpha value is -2.27. The highest BCUT2D eigenvalue weighted by Gasteiger charge is 2.36. The molecule has 9 nitrogen and oxygen atoms in total. The zero-order chi connectivity index (χ0) is 28.7. The standard InChI is InChI=1S/C28H48N4O5S/c1-7-31(8-2)18-13-19-38(36,37)32(21-23(5)6)29-27(33)26(20-22(3)4)25(28(34)30-35)17-12-16-24-14-10-9-11-15-24/h9-12,14-16,22-23,25-26,35H,7-8,13,17-21H2,1-6H3,(H,29,33)(H,30,34)/b16-12+/t25-,26+/m0/s1. The number of nitrogens with one attached hydrogen (secondary N) is 2. The number of hydrogen-bond donors (Lipinski definition) is 3. The number of allylic oxidation sites excluding steroid dienone is 1. The number of benzene rings is 1. The van der Waals surface area contributed by atoms with Crippen LogP contribution in [0.5, 0.6) is 0 Å². The molecule has 0 aliphatic carbocycles. The molecule has 0 aliphatic heterocycles. The summed E-state index contributed by atoms with van der Waals surface area (Å²) in [4.78, 5) is 28.4. The number of hydrazine groups is 1. The summed E-state index contributed by atoms with van der Waals surface area (Å²) in [6, 6.07) is 9.55. The van der Waals surface area contributed by atoms with Crippen molar-refractivity contribution in [2.45, 2.75) is 60.8 Å². The summed E-state index contributed by atoms with van der Waals surface area (Å²) >= 11 is 0. The Labute approximate surface area is 229 Å². The summed E-state index contributed by atoms with van der Waals surface area (Å²) in [5.41, 5.74) is 5.28. The van der Waals surface area contributed by atoms with Crippen LogP contribution >= 0.6 is 0 Å². The minimum Gasteiger partial charge on any atom is -0.304 e. The van der Waals surface area contributed by atoms with Crippen molar-refractivity contribution in [1.29, 1.82) is 0 Å². The zero-order valence-electron chi connectivity index (χ0n) is 23.9. The Bertz CT molecular complexity index is 963. The van der Waals surface area contributed by atoms with Gasteiger partial charge in [-0.05, 0) is 56.3 Å². The van der Waals surface area contributed by atoms with Crippen LogP contribution in [0, 0.1) is 23.7 Å². The van der Waals surface area contributed by atoms with Crippen molar-refractivity contribution >= 4 is 27.9 Å². The average molecular weight is 553 g/mol. The van der Waals surface area contributed by atoms with E-state index in [4.69, 9.17) is 0 Å². The predicted molar refractivity (Wildman–Crippen MR) is 152 cm³/mol. The van der Waals surface area contributed by atoms with Gasteiger partial charge in [-0.15, -0.1) is 4.41 Å². The van der Waals surface area contributed by atoms with Crippen molar-refractivity contribution in [2.75, 3.05) is 31.9 Å². The quantitative estimate of drug-likeness (QED) is 0.188. The lowest BCUT2D eigenvalue weighted by atomic mass is 9.82. The highest BCUT2D eigenvalue weighted by atomic mass is 32.2. The molecule has 0 unspecified atom stereocenters. The van der Waals surface area contributed by atoms with Gasteiger partial charge < -0.3 is 4.90 Å². The predicted octanol–water partition coefficient (Wildman–Crippen LogP) is 3.92. The van der Waals surface area contributed by atoms with E-state index in [0.717, 1.165) is 23.1 Å². The summed E-state index contributed by atoms with van der Waals surface area (Å²) in [6.45, 7) is 14.2. The normalized spacial score (nSPS) is 14.0. The molecule has 2 atom stereocenters. The van der Waals surface area contributed by atoms with Crippen molar-refractivity contribution < 1.29 is 23.2 Å². The van der Waals surface area contributed by atoms with Crippen molar-refractivity contribution in [2.24, 2.45) is 23.7 Å². The molecule has 0 spiro atoms. The molecule has 0 aromatic heterocycles.